The van der Waals surface area contributed by atoms with Gasteiger partial charge < -0.3 is 15.1 Å². The maximum absolute atomic E-state index is 12.3. The predicted molar refractivity (Wildman–Crippen MR) is 82.7 cm³/mol. The number of nitrogens with one attached hydrogen (secondary N) is 1. The summed E-state index contributed by atoms with van der Waals surface area (Å²) < 4.78 is 0. The third-order valence-corrected chi connectivity index (χ3v) is 4.82. The largest absolute Gasteiger partial charge is 0.342 e. The minimum absolute atomic E-state index is 0.363. The summed E-state index contributed by atoms with van der Waals surface area (Å²) in [5.41, 5.74) is 0. The van der Waals surface area contributed by atoms with Gasteiger partial charge in [-0.1, -0.05) is 13.8 Å². The molecule has 0 aromatic heterocycles. The number of piperidine rings is 2. The molecular weight excluding hydrogens is 250 g/mol. The zero-order valence-electron chi connectivity index (χ0n) is 13.4. The number of rotatable bonds is 5. The van der Waals surface area contributed by atoms with E-state index in [-0.39, 0.29) is 0 Å². The molecule has 2 aliphatic heterocycles. The van der Waals surface area contributed by atoms with Crippen LogP contribution in [0.25, 0.3) is 0 Å². The normalized spacial score (nSPS) is 27.7. The van der Waals surface area contributed by atoms with E-state index in [0.717, 1.165) is 38.5 Å². The minimum atomic E-state index is 0.363. The van der Waals surface area contributed by atoms with E-state index in [2.05, 4.69) is 36.0 Å². The first kappa shape index (κ1) is 15.8. The molecule has 2 fully saturated rings. The van der Waals surface area contributed by atoms with Crippen molar-refractivity contribution in [3.8, 4) is 0 Å². The lowest BCUT2D eigenvalue weighted by atomic mass is 9.84. The average Bonchev–Trinajstić information content (AvgIpc) is 2.43. The molecule has 2 aliphatic rings. The third kappa shape index (κ3) is 4.19. The molecule has 4 nitrogen and oxygen atoms in total. The van der Waals surface area contributed by atoms with Gasteiger partial charge in [0, 0.05) is 31.6 Å². The molecular formula is C16H31N3O. The van der Waals surface area contributed by atoms with Gasteiger partial charge in [0.15, 0.2) is 0 Å². The van der Waals surface area contributed by atoms with Gasteiger partial charge in [-0.15, -0.1) is 0 Å². The fraction of sp³-hybridized carbons (Fsp3) is 0.938. The highest BCUT2D eigenvalue weighted by Crippen LogP contribution is 2.29. The Morgan fingerprint density at radius 1 is 1.30 bits per heavy atom. The molecule has 2 rings (SSSR count). The zero-order valence-corrected chi connectivity index (χ0v) is 13.4. The second-order valence-electron chi connectivity index (χ2n) is 6.79. The van der Waals surface area contributed by atoms with Crippen molar-refractivity contribution in [2.24, 2.45) is 5.92 Å². The van der Waals surface area contributed by atoms with E-state index in [1.807, 2.05) is 0 Å². The fourth-order valence-electron chi connectivity index (χ4n) is 3.67. The van der Waals surface area contributed by atoms with Gasteiger partial charge in [-0.2, -0.15) is 0 Å². The van der Waals surface area contributed by atoms with E-state index in [1.165, 1.54) is 19.4 Å². The lowest BCUT2D eigenvalue weighted by Gasteiger charge is -2.46. The van der Waals surface area contributed by atoms with Crippen LogP contribution >= 0.6 is 0 Å². The second-order valence-corrected chi connectivity index (χ2v) is 6.79. The molecule has 1 N–H and O–H groups in total. The first-order valence-electron chi connectivity index (χ1n) is 8.29. The van der Waals surface area contributed by atoms with Crippen LogP contribution in [0.2, 0.25) is 0 Å². The molecule has 0 saturated carbocycles. The van der Waals surface area contributed by atoms with E-state index in [4.69, 9.17) is 0 Å². The summed E-state index contributed by atoms with van der Waals surface area (Å²) in [4.78, 5) is 16.9. The van der Waals surface area contributed by atoms with Crippen LogP contribution in [0.1, 0.15) is 46.0 Å². The van der Waals surface area contributed by atoms with Crippen molar-refractivity contribution >= 4 is 5.91 Å². The van der Waals surface area contributed by atoms with Gasteiger partial charge in [0.1, 0.15) is 0 Å². The van der Waals surface area contributed by atoms with Crippen molar-refractivity contribution in [2.45, 2.75) is 58.0 Å². The van der Waals surface area contributed by atoms with Crippen LogP contribution < -0.4 is 5.32 Å². The Morgan fingerprint density at radius 2 is 2.10 bits per heavy atom. The molecule has 0 aromatic carbocycles. The highest BCUT2D eigenvalue weighted by atomic mass is 16.2. The molecule has 0 spiro atoms. The van der Waals surface area contributed by atoms with E-state index in [0.29, 0.717) is 24.3 Å². The third-order valence-electron chi connectivity index (χ3n) is 4.82. The molecule has 116 valence electrons. The minimum Gasteiger partial charge on any atom is -0.342 e. The maximum atomic E-state index is 12.3. The molecule has 20 heavy (non-hydrogen) atoms. The number of hydrogen-bond acceptors (Lipinski definition) is 3. The Labute approximate surface area is 123 Å². The second kappa shape index (κ2) is 7.41. The zero-order chi connectivity index (χ0) is 14.5. The van der Waals surface area contributed by atoms with Gasteiger partial charge in [0.2, 0.25) is 5.91 Å². The molecule has 0 aromatic rings. The van der Waals surface area contributed by atoms with Crippen LogP contribution in [0.5, 0.6) is 0 Å². The Hall–Kier alpha value is -0.610. The SMILES string of the molecule is CC(C)NCCCC(=O)N1CCC2C(CCCN2C)C1. The highest BCUT2D eigenvalue weighted by Gasteiger charge is 2.35. The van der Waals surface area contributed by atoms with Crippen LogP contribution in [0.4, 0.5) is 0 Å². The molecule has 2 heterocycles. The van der Waals surface area contributed by atoms with Crippen LogP contribution in [-0.2, 0) is 4.79 Å². The first-order valence-corrected chi connectivity index (χ1v) is 8.29. The van der Waals surface area contributed by atoms with Gasteiger partial charge in [-0.25, -0.2) is 0 Å². The first-order chi connectivity index (χ1) is 9.58. The quantitative estimate of drug-likeness (QED) is 0.779. The van der Waals surface area contributed by atoms with E-state index >= 15 is 0 Å². The number of amides is 1. The molecule has 4 heteroatoms. The number of carbonyl (C=O) groups is 1. The van der Waals surface area contributed by atoms with Crippen LogP contribution in [0.3, 0.4) is 0 Å². The number of carbonyl (C=O) groups excluding carboxylic acids is 1. The van der Waals surface area contributed by atoms with Crippen LogP contribution in [0.15, 0.2) is 0 Å². The summed E-state index contributed by atoms with van der Waals surface area (Å²) in [7, 11) is 2.24. The lowest BCUT2D eigenvalue weighted by molar-refractivity contribution is -0.134. The predicted octanol–water partition coefficient (Wildman–Crippen LogP) is 1.71. The number of hydrogen-bond donors (Lipinski definition) is 1. The van der Waals surface area contributed by atoms with Crippen molar-refractivity contribution in [3.63, 3.8) is 0 Å². The average molecular weight is 281 g/mol. The van der Waals surface area contributed by atoms with Crippen LogP contribution in [0, 0.1) is 5.92 Å². The lowest BCUT2D eigenvalue weighted by Crippen LogP contribution is -2.53. The van der Waals surface area contributed by atoms with Gasteiger partial charge in [-0.05, 0) is 51.7 Å². The number of fused-ring (bicyclic) bond motifs is 1. The molecule has 1 amide bonds. The van der Waals surface area contributed by atoms with E-state index in [1.54, 1.807) is 0 Å². The van der Waals surface area contributed by atoms with Crippen molar-refractivity contribution in [1.82, 2.24) is 15.1 Å². The molecule has 0 radical (unpaired) electrons. The molecule has 2 atom stereocenters. The Kier molecular flexibility index (Phi) is 5.85. The smallest absolute Gasteiger partial charge is 0.222 e. The van der Waals surface area contributed by atoms with Gasteiger partial charge in [-0.3, -0.25) is 4.79 Å². The fourth-order valence-corrected chi connectivity index (χ4v) is 3.67. The van der Waals surface area contributed by atoms with Gasteiger partial charge in [0.05, 0.1) is 0 Å². The highest BCUT2D eigenvalue weighted by molar-refractivity contribution is 5.76. The number of likely N-dealkylation sites (tertiary alicyclic amines) is 2. The maximum Gasteiger partial charge on any atom is 0.222 e. The summed E-state index contributed by atoms with van der Waals surface area (Å²) in [5.74, 6) is 1.07. The molecule has 0 aliphatic carbocycles. The molecule has 0 bridgehead atoms. The Balaban J connectivity index is 1.72. The Morgan fingerprint density at radius 3 is 2.85 bits per heavy atom. The summed E-state index contributed by atoms with van der Waals surface area (Å²) in [6.07, 6.45) is 5.41. The number of nitrogens with zero attached hydrogens (tertiary/aromatic N) is 2. The summed E-state index contributed by atoms with van der Waals surface area (Å²) in [6, 6.07) is 1.23. The summed E-state index contributed by atoms with van der Waals surface area (Å²) in [5, 5.41) is 3.38. The van der Waals surface area contributed by atoms with E-state index < -0.39 is 0 Å². The van der Waals surface area contributed by atoms with Crippen LogP contribution in [-0.4, -0.2) is 61.0 Å². The van der Waals surface area contributed by atoms with E-state index in [9.17, 15) is 4.79 Å². The van der Waals surface area contributed by atoms with Gasteiger partial charge >= 0.3 is 0 Å². The standard InChI is InChI=1S/C16H31N3O/c1-13(2)17-9-4-7-16(20)19-11-8-15-14(12-19)6-5-10-18(15)3/h13-15,17H,4-12H2,1-3H3. The summed E-state index contributed by atoms with van der Waals surface area (Å²) in [6.45, 7) is 8.42. The van der Waals surface area contributed by atoms with Crippen molar-refractivity contribution in [2.75, 3.05) is 33.2 Å². The summed E-state index contributed by atoms with van der Waals surface area (Å²) >= 11 is 0. The van der Waals surface area contributed by atoms with Crippen molar-refractivity contribution in [3.05, 3.63) is 0 Å². The molecule has 2 unspecified atom stereocenters. The Bertz CT molecular complexity index is 319. The van der Waals surface area contributed by atoms with Crippen molar-refractivity contribution in [1.29, 1.82) is 0 Å². The van der Waals surface area contributed by atoms with Crippen molar-refractivity contribution < 1.29 is 4.79 Å². The molecule has 2 saturated heterocycles. The van der Waals surface area contributed by atoms with Gasteiger partial charge in [0.25, 0.3) is 0 Å². The topological polar surface area (TPSA) is 35.6 Å². The monoisotopic (exact) mass is 281 g/mol.